The van der Waals surface area contributed by atoms with Gasteiger partial charge in [0.1, 0.15) is 86.1 Å². The molecule has 0 saturated carbocycles. The second-order valence-electron chi connectivity index (χ2n) is 20.4. The van der Waals surface area contributed by atoms with Crippen molar-refractivity contribution in [2.75, 3.05) is 37.0 Å². The molecule has 50 nitrogen and oxygen atoms in total. The van der Waals surface area contributed by atoms with Gasteiger partial charge in [-0.1, -0.05) is 11.6 Å². The van der Waals surface area contributed by atoms with Crippen LogP contribution in [0, 0.1) is 6.92 Å². The van der Waals surface area contributed by atoms with E-state index in [-0.39, 0.29) is 45.1 Å². The zero-order valence-electron chi connectivity index (χ0n) is 48.7. The number of phosphoric ester groups is 3. The fraction of sp³-hybridized carbons (Fsp3) is 0.543. The second-order valence-corrected chi connectivity index (χ2v) is 36.5. The number of phosphoric acid groups is 9. The van der Waals surface area contributed by atoms with Gasteiger partial charge in [0.2, 0.25) is 5.95 Å². The summed E-state index contributed by atoms with van der Waals surface area (Å²) in [6, 6.07) is 3.16. The zero-order chi connectivity index (χ0) is 74.1. The lowest BCUT2D eigenvalue weighted by Crippen LogP contribution is -2.39. The summed E-state index contributed by atoms with van der Waals surface area (Å²) in [5, 5.41) is 35.7. The molecular formula is C35H53Cl4N14O36P9. The summed E-state index contributed by atoms with van der Waals surface area (Å²) < 4.78 is 158. The van der Waals surface area contributed by atoms with Crippen molar-refractivity contribution in [1.29, 1.82) is 0 Å². The normalized spacial score (nSPS) is 29.9. The highest BCUT2D eigenvalue weighted by molar-refractivity contribution is 7.67. The number of alkyl halides is 3. The molecule has 3 aliphatic rings. The molecule has 0 radical (unpaired) electrons. The third kappa shape index (κ3) is 20.6. The Bertz CT molecular complexity index is 4240. The highest BCUT2D eigenvalue weighted by atomic mass is 35.5. The van der Waals surface area contributed by atoms with Crippen molar-refractivity contribution in [3.8, 4) is 0 Å². The van der Waals surface area contributed by atoms with E-state index >= 15 is 0 Å². The first-order valence-electron chi connectivity index (χ1n) is 25.5. The molecule has 0 bridgehead atoms. The number of aryl methyl sites for hydroxylation is 1. The van der Waals surface area contributed by atoms with Crippen molar-refractivity contribution in [2.45, 2.75) is 97.5 Å². The average molecular weight is 1670 g/mol. The van der Waals surface area contributed by atoms with E-state index in [1.807, 2.05) is 0 Å². The summed E-state index contributed by atoms with van der Waals surface area (Å²) in [5.41, 5.74) is 18.7. The van der Waals surface area contributed by atoms with E-state index in [2.05, 4.69) is 79.4 Å². The lowest BCUT2D eigenvalue weighted by Gasteiger charge is -2.26. The molecule has 9 heterocycles. The van der Waals surface area contributed by atoms with Gasteiger partial charge in [-0.25, -0.2) is 70.5 Å². The van der Waals surface area contributed by atoms with Crippen molar-refractivity contribution in [1.82, 2.24) is 53.6 Å². The monoisotopic (exact) mass is 1660 g/mol. The van der Waals surface area contributed by atoms with Crippen LogP contribution in [0.25, 0.3) is 27.8 Å². The fourth-order valence-electron chi connectivity index (χ4n) is 8.97. The Morgan fingerprint density at radius 3 is 1.32 bits per heavy atom. The van der Waals surface area contributed by atoms with Crippen LogP contribution in [0.1, 0.15) is 50.8 Å². The molecule has 0 amide bonds. The summed E-state index contributed by atoms with van der Waals surface area (Å²) >= 11 is 25.4. The van der Waals surface area contributed by atoms with Gasteiger partial charge < -0.3 is 105 Å². The van der Waals surface area contributed by atoms with E-state index in [0.29, 0.717) is 17.0 Å². The number of nitrogens with two attached hydrogens (primary N) is 3. The van der Waals surface area contributed by atoms with E-state index in [9.17, 15) is 85.8 Å². The van der Waals surface area contributed by atoms with Crippen LogP contribution in [0.5, 0.6) is 0 Å². The van der Waals surface area contributed by atoms with Crippen LogP contribution in [-0.4, -0.2) is 199 Å². The largest absolute Gasteiger partial charge is 0.490 e. The summed E-state index contributed by atoms with van der Waals surface area (Å²) in [6.07, 6.45) is -8.32. The Hall–Kier alpha value is -2.73. The molecule has 6 aromatic heterocycles. The van der Waals surface area contributed by atoms with E-state index < -0.39 is 160 Å². The second kappa shape index (κ2) is 29.7. The van der Waals surface area contributed by atoms with Crippen molar-refractivity contribution < 1.29 is 169 Å². The standard InChI is InChI=1S/C12H19ClN5O12P3.C12H18ClN4O12P3.C11H16Cl2N5O12P3/c1-5-16-9(14)7-10(17-5)18(4-15-7)11-12(2,13)8(19)6(28-11)3-27-32(23,24)30-33(25,26)29-31(20,21)22;1-12(13)9(18)8(4-26-31(22,23)29-32(24,25)28-30(19,20)21)27-10(12)6-2-3-7-11(14)15-5-16-17(6)7;1-11(13)6(19)4(2-27-32(23,24)30-33(25,26)29-31(20,21)22)28-9(11)18-3-15-5-7(12)16-10(14)17-8(5)18/h4,6,8,11,19H,3H2,1-2H3,(H,23,24)(H,25,26)(H2,14,16,17)(H2,20,21,22);2-3,5,8-10,18H,4H2,1H3,(H,22,23)(H,24,25)(H2,14,15,16)(H2,19,20,21);3-4,6,9,19H,2H2,1H3,(H,23,24)(H,25,26)(H2,14,16,17)(H2,20,21,22)/t6-,8-,11-,12-;8-,9-,10+,12-;4-,6-,9-,11-/m111/s1. The van der Waals surface area contributed by atoms with E-state index in [1.165, 1.54) is 53.4 Å². The van der Waals surface area contributed by atoms with Gasteiger partial charge in [0.15, 0.2) is 40.5 Å². The van der Waals surface area contributed by atoms with Crippen LogP contribution in [-0.2, 0) is 94.7 Å². The molecule has 6 aromatic rings. The van der Waals surface area contributed by atoms with Crippen LogP contribution < -0.4 is 17.2 Å². The predicted molar refractivity (Wildman–Crippen MR) is 322 cm³/mol. The third-order valence-electron chi connectivity index (χ3n) is 12.9. The van der Waals surface area contributed by atoms with E-state index in [1.54, 1.807) is 19.1 Å². The van der Waals surface area contributed by atoms with Crippen molar-refractivity contribution in [3.63, 3.8) is 0 Å². The van der Waals surface area contributed by atoms with Gasteiger partial charge in [0.25, 0.3) is 0 Å². The molecule has 63 heteroatoms. The van der Waals surface area contributed by atoms with Gasteiger partial charge in [-0.15, -0.1) is 34.8 Å². The third-order valence-corrected chi connectivity index (χ3v) is 25.8. The van der Waals surface area contributed by atoms with E-state index in [0.717, 1.165) is 0 Å². The minimum absolute atomic E-state index is 0.0599. The molecule has 9 rings (SSSR count). The molecule has 21 N–H and O–H groups in total. The summed E-state index contributed by atoms with van der Waals surface area (Å²) in [4.78, 5) is 131. The molecule has 0 aliphatic carbocycles. The predicted octanol–water partition coefficient (Wildman–Crippen LogP) is 1.43. The number of nitrogen functional groups attached to an aromatic ring is 3. The number of nitrogens with zero attached hydrogens (tertiary/aromatic N) is 11. The topological polar surface area (TPSA) is 763 Å². The van der Waals surface area contributed by atoms with Crippen molar-refractivity contribution >= 4 is 162 Å². The maximum atomic E-state index is 11.9. The van der Waals surface area contributed by atoms with Gasteiger partial charge >= 0.3 is 70.4 Å². The Morgan fingerprint density at radius 2 is 0.898 bits per heavy atom. The molecule has 3 saturated heterocycles. The van der Waals surface area contributed by atoms with Gasteiger partial charge in [0, 0.05) is 0 Å². The minimum Gasteiger partial charge on any atom is -0.388 e. The first-order chi connectivity index (χ1) is 44.4. The minimum atomic E-state index is -5.71. The highest BCUT2D eigenvalue weighted by Crippen LogP contribution is 2.69. The lowest BCUT2D eigenvalue weighted by molar-refractivity contribution is -0.0432. The SMILES string of the molecule is C[C@@]1(Cl)[C@H](O)[C@@H](COP(=O)(O)OP(=O)(O)OP(=O)(O)O)O[C@H]1c1ccc2c(N)ncnn12.C[C@@]1(Cl)[C@H](O)[C@@H](COP(=O)(O)OP(=O)(O)OP(=O)(O)O)O[C@H]1n1cnc2c(Cl)nc(N)nc21.Cc1nc(N)c2ncn([C@@H]3O[C@H](COP(=O)(O)OP(=O)(O)OP(=O)(O)O)[C@@H](O)[C@@]3(C)Cl)c2n1. The number of halogens is 4. The Morgan fingerprint density at radius 1 is 0.510 bits per heavy atom. The van der Waals surface area contributed by atoms with Gasteiger partial charge in [-0.3, -0.25) is 22.7 Å². The van der Waals surface area contributed by atoms with Crippen LogP contribution >= 0.6 is 117 Å². The Labute approximate surface area is 564 Å². The molecule has 6 unspecified atom stereocenters. The molecule has 0 aromatic carbocycles. The number of hydrogen-bond acceptors (Lipinski definition) is 35. The zero-order valence-corrected chi connectivity index (χ0v) is 59.7. The number of ether oxygens (including phenoxy) is 3. The van der Waals surface area contributed by atoms with Crippen LogP contribution in [0.15, 0.2) is 31.1 Å². The number of hydrogen-bond donors (Lipinski definition) is 18. The molecular weight excluding hydrogens is 1610 g/mol. The first kappa shape index (κ1) is 82.6. The fourth-order valence-corrected chi connectivity index (χ4v) is 19.2. The van der Waals surface area contributed by atoms with Crippen molar-refractivity contribution in [3.05, 3.63) is 47.8 Å². The number of imidazole rings is 2. The maximum absolute atomic E-state index is 11.9. The lowest BCUT2D eigenvalue weighted by atomic mass is 9.95. The summed E-state index contributed by atoms with van der Waals surface area (Å²) in [6.45, 7) is 3.09. The first-order valence-corrected chi connectivity index (χ1v) is 40.6. The molecule has 0 spiro atoms. The molecule has 18 atom stereocenters. The van der Waals surface area contributed by atoms with Crippen LogP contribution in [0.2, 0.25) is 5.15 Å². The number of fused-ring (bicyclic) bond motifs is 3. The maximum Gasteiger partial charge on any atom is 0.490 e. The Kier molecular flexibility index (Phi) is 25.0. The molecule has 98 heavy (non-hydrogen) atoms. The number of anilines is 3. The molecule has 552 valence electrons. The highest BCUT2D eigenvalue weighted by Gasteiger charge is 2.58. The molecule has 3 fully saturated rings. The quantitative estimate of drug-likeness (QED) is 0.0231. The van der Waals surface area contributed by atoms with E-state index in [4.69, 9.17) is 107 Å². The number of aliphatic hydroxyl groups excluding tert-OH is 3. The summed E-state index contributed by atoms with van der Waals surface area (Å²) in [5.74, 6) is 0.398. The molecule has 3 aliphatic heterocycles. The smallest absolute Gasteiger partial charge is 0.388 e. The van der Waals surface area contributed by atoms with Crippen LogP contribution in [0.3, 0.4) is 0 Å². The average Bonchev–Trinajstić information content (AvgIpc) is 1.61. The number of aliphatic hydroxyl groups is 3. The number of aromatic nitrogens is 11. The van der Waals surface area contributed by atoms with Gasteiger partial charge in [-0.05, 0) is 39.8 Å². The van der Waals surface area contributed by atoms with Crippen LogP contribution in [0.4, 0.5) is 17.6 Å². The summed E-state index contributed by atoms with van der Waals surface area (Å²) in [7, 11) is -50.0. The van der Waals surface area contributed by atoms with Crippen molar-refractivity contribution in [2.24, 2.45) is 0 Å². The number of rotatable bonds is 24. The van der Waals surface area contributed by atoms with Gasteiger partial charge in [-0.2, -0.15) is 40.9 Å². The van der Waals surface area contributed by atoms with Gasteiger partial charge in [0.05, 0.1) is 38.2 Å². The Balaban J connectivity index is 0.000000207.